The third-order valence-corrected chi connectivity index (χ3v) is 7.87. The van der Waals surface area contributed by atoms with Gasteiger partial charge in [-0.2, -0.15) is 0 Å². The normalized spacial score (nSPS) is 11.8. The van der Waals surface area contributed by atoms with E-state index in [9.17, 15) is 0 Å². The average molecular weight is 461 g/mol. The lowest BCUT2D eigenvalue weighted by atomic mass is 9.93. The van der Waals surface area contributed by atoms with Crippen molar-refractivity contribution in [1.82, 2.24) is 0 Å². The van der Waals surface area contributed by atoms with Crippen LogP contribution in [-0.2, 0) is 6.42 Å². The molecular weight excluding hydrogens is 420 g/mol. The molecule has 0 atom stereocenters. The molecule has 0 heteroatoms. The van der Waals surface area contributed by atoms with Gasteiger partial charge in [0.25, 0.3) is 0 Å². The number of rotatable bonds is 12. The fourth-order valence-electron chi connectivity index (χ4n) is 5.84. The van der Waals surface area contributed by atoms with E-state index in [0.29, 0.717) is 0 Å². The van der Waals surface area contributed by atoms with E-state index in [1.165, 1.54) is 126 Å². The van der Waals surface area contributed by atoms with Gasteiger partial charge in [0, 0.05) is 0 Å². The molecule has 0 amide bonds. The van der Waals surface area contributed by atoms with Gasteiger partial charge in [0.1, 0.15) is 0 Å². The Morgan fingerprint density at radius 1 is 0.400 bits per heavy atom. The first-order valence-corrected chi connectivity index (χ1v) is 14.1. The van der Waals surface area contributed by atoms with Crippen LogP contribution in [0.1, 0.15) is 83.1 Å². The molecule has 0 bridgehead atoms. The summed E-state index contributed by atoms with van der Waals surface area (Å²) in [7, 11) is 0. The van der Waals surface area contributed by atoms with E-state index in [1.54, 1.807) is 0 Å². The number of unbranched alkanes of at least 4 members (excludes halogenated alkanes) is 10. The Labute approximate surface area is 211 Å². The fourth-order valence-corrected chi connectivity index (χ4v) is 5.84. The SMILES string of the molecule is CCCCCCCCCCCCCc1ccc2c(ccc3c2ccc2c4ccccc4ccc23)c1. The molecule has 0 unspecified atom stereocenters. The van der Waals surface area contributed by atoms with Crippen molar-refractivity contribution in [2.75, 3.05) is 0 Å². The minimum atomic E-state index is 1.20. The van der Waals surface area contributed by atoms with E-state index in [1.807, 2.05) is 0 Å². The van der Waals surface area contributed by atoms with E-state index in [-0.39, 0.29) is 0 Å². The maximum absolute atomic E-state index is 2.43. The highest BCUT2D eigenvalue weighted by Gasteiger charge is 2.08. The molecule has 0 aliphatic carbocycles. The van der Waals surface area contributed by atoms with Crippen LogP contribution in [0.15, 0.2) is 78.9 Å². The summed E-state index contributed by atoms with van der Waals surface area (Å²) in [5.41, 5.74) is 1.49. The molecule has 0 saturated heterocycles. The van der Waals surface area contributed by atoms with E-state index < -0.39 is 0 Å². The Balaban J connectivity index is 1.21. The summed E-state index contributed by atoms with van der Waals surface area (Å²) in [6.45, 7) is 2.29. The van der Waals surface area contributed by atoms with E-state index in [4.69, 9.17) is 0 Å². The molecule has 0 saturated carbocycles. The maximum atomic E-state index is 2.43. The number of hydrogen-bond acceptors (Lipinski definition) is 0. The highest BCUT2D eigenvalue weighted by atomic mass is 14.1. The first kappa shape index (κ1) is 23.9. The third-order valence-electron chi connectivity index (χ3n) is 7.87. The molecule has 35 heavy (non-hydrogen) atoms. The summed E-state index contributed by atoms with van der Waals surface area (Å²) in [5.74, 6) is 0. The van der Waals surface area contributed by atoms with Crippen LogP contribution in [0.5, 0.6) is 0 Å². The molecule has 0 fully saturated rings. The van der Waals surface area contributed by atoms with Crippen molar-refractivity contribution in [3.05, 3.63) is 84.4 Å². The largest absolute Gasteiger partial charge is 0.0654 e. The predicted molar refractivity (Wildman–Crippen MR) is 157 cm³/mol. The number of fused-ring (bicyclic) bond motifs is 7. The van der Waals surface area contributed by atoms with Gasteiger partial charge in [-0.25, -0.2) is 0 Å². The van der Waals surface area contributed by atoms with E-state index in [0.717, 1.165) is 0 Å². The molecule has 5 aromatic carbocycles. The quantitative estimate of drug-likeness (QED) is 0.128. The fraction of sp³-hybridized carbons (Fsp3) is 0.371. The Hall–Kier alpha value is -2.86. The van der Waals surface area contributed by atoms with Crippen molar-refractivity contribution in [3.63, 3.8) is 0 Å². The van der Waals surface area contributed by atoms with Crippen molar-refractivity contribution < 1.29 is 0 Å². The Morgan fingerprint density at radius 2 is 0.886 bits per heavy atom. The molecule has 5 rings (SSSR count). The van der Waals surface area contributed by atoms with Crippen LogP contribution in [0.3, 0.4) is 0 Å². The summed E-state index contributed by atoms with van der Waals surface area (Å²) >= 11 is 0. The highest BCUT2D eigenvalue weighted by molar-refractivity contribution is 6.22. The average Bonchev–Trinajstić information content (AvgIpc) is 2.91. The van der Waals surface area contributed by atoms with Gasteiger partial charge in [-0.1, -0.05) is 150 Å². The third kappa shape index (κ3) is 5.53. The van der Waals surface area contributed by atoms with Gasteiger partial charge in [0.2, 0.25) is 0 Å². The van der Waals surface area contributed by atoms with Crippen LogP contribution in [-0.4, -0.2) is 0 Å². The molecule has 0 radical (unpaired) electrons. The van der Waals surface area contributed by atoms with Crippen molar-refractivity contribution in [3.8, 4) is 0 Å². The van der Waals surface area contributed by atoms with Crippen molar-refractivity contribution >= 4 is 43.1 Å². The van der Waals surface area contributed by atoms with Crippen molar-refractivity contribution in [2.24, 2.45) is 0 Å². The number of aryl methyl sites for hydroxylation is 1. The minimum absolute atomic E-state index is 1.20. The molecular formula is C35H40. The van der Waals surface area contributed by atoms with Gasteiger partial charge in [-0.05, 0) is 61.5 Å². The summed E-state index contributed by atoms with van der Waals surface area (Å²) in [6.07, 6.45) is 16.7. The highest BCUT2D eigenvalue weighted by Crippen LogP contribution is 2.35. The first-order chi connectivity index (χ1) is 17.3. The molecule has 0 aliphatic rings. The van der Waals surface area contributed by atoms with Crippen LogP contribution >= 0.6 is 0 Å². The summed E-state index contributed by atoms with van der Waals surface area (Å²) in [5, 5.41) is 10.8. The lowest BCUT2D eigenvalue weighted by Gasteiger charge is -2.11. The number of hydrogen-bond donors (Lipinski definition) is 0. The van der Waals surface area contributed by atoms with Gasteiger partial charge < -0.3 is 0 Å². The molecule has 0 heterocycles. The topological polar surface area (TPSA) is 0 Å². The van der Waals surface area contributed by atoms with Gasteiger partial charge in [-0.3, -0.25) is 0 Å². The molecule has 5 aromatic rings. The zero-order chi connectivity index (χ0) is 23.9. The van der Waals surface area contributed by atoms with Gasteiger partial charge >= 0.3 is 0 Å². The smallest absolute Gasteiger partial charge is 0.00987 e. The van der Waals surface area contributed by atoms with Crippen LogP contribution in [0.2, 0.25) is 0 Å². The second kappa shape index (κ2) is 11.7. The van der Waals surface area contributed by atoms with Crippen LogP contribution < -0.4 is 0 Å². The zero-order valence-electron chi connectivity index (χ0n) is 21.5. The van der Waals surface area contributed by atoms with Crippen molar-refractivity contribution in [1.29, 1.82) is 0 Å². The molecule has 0 nitrogen and oxygen atoms in total. The second-order valence-electron chi connectivity index (χ2n) is 10.4. The summed E-state index contributed by atoms with van der Waals surface area (Å²) < 4.78 is 0. The van der Waals surface area contributed by atoms with Gasteiger partial charge in [0.05, 0.1) is 0 Å². The second-order valence-corrected chi connectivity index (χ2v) is 10.4. The standard InChI is InChI=1S/C35H40/c1-2-3-4-5-6-7-8-9-10-11-12-15-27-18-21-31-29(26-27)20-23-35-33(31)25-24-32-30-17-14-13-16-28(30)19-22-34(32)35/h13-14,16-26H,2-12,15H2,1H3. The Kier molecular flexibility index (Phi) is 7.99. The molecule has 0 aliphatic heterocycles. The summed E-state index contributed by atoms with van der Waals surface area (Å²) in [6, 6.07) is 29.7. The predicted octanol–water partition coefficient (Wildman–Crippen LogP) is 11.2. The molecule has 0 spiro atoms. The summed E-state index contributed by atoms with van der Waals surface area (Å²) in [4.78, 5) is 0. The van der Waals surface area contributed by atoms with Gasteiger partial charge in [-0.15, -0.1) is 0 Å². The van der Waals surface area contributed by atoms with Gasteiger partial charge in [0.15, 0.2) is 0 Å². The van der Waals surface area contributed by atoms with Crippen molar-refractivity contribution in [2.45, 2.75) is 84.0 Å². The zero-order valence-corrected chi connectivity index (χ0v) is 21.5. The van der Waals surface area contributed by atoms with Crippen LogP contribution in [0, 0.1) is 0 Å². The lowest BCUT2D eigenvalue weighted by Crippen LogP contribution is -1.88. The van der Waals surface area contributed by atoms with Crippen LogP contribution in [0.25, 0.3) is 43.1 Å². The van der Waals surface area contributed by atoms with E-state index >= 15 is 0 Å². The van der Waals surface area contributed by atoms with Crippen LogP contribution in [0.4, 0.5) is 0 Å². The Morgan fingerprint density at radius 3 is 1.57 bits per heavy atom. The molecule has 0 aromatic heterocycles. The number of benzene rings is 5. The monoisotopic (exact) mass is 460 g/mol. The van der Waals surface area contributed by atoms with E-state index in [2.05, 4.69) is 85.8 Å². The molecule has 0 N–H and O–H groups in total. The minimum Gasteiger partial charge on any atom is -0.0654 e. The first-order valence-electron chi connectivity index (χ1n) is 14.1. The maximum Gasteiger partial charge on any atom is -0.00987 e. The Bertz CT molecular complexity index is 1410. The molecule has 180 valence electrons. The lowest BCUT2D eigenvalue weighted by molar-refractivity contribution is 0.549.